The van der Waals surface area contributed by atoms with E-state index in [1.54, 1.807) is 23.7 Å². The minimum absolute atomic E-state index is 0.601. The van der Waals surface area contributed by atoms with Crippen LogP contribution >= 0.6 is 11.3 Å². The first-order valence-electron chi connectivity index (χ1n) is 8.77. The van der Waals surface area contributed by atoms with Gasteiger partial charge in [0.25, 0.3) is 0 Å². The number of hydrazine groups is 1. The summed E-state index contributed by atoms with van der Waals surface area (Å²) in [6, 6.07) is 14.6. The number of hydrogen-bond acceptors (Lipinski definition) is 4. The molecule has 2 aromatic heterocycles. The van der Waals surface area contributed by atoms with Gasteiger partial charge in [-0.25, -0.2) is 0 Å². The zero-order chi connectivity index (χ0) is 18.6. The maximum absolute atomic E-state index is 4.68. The van der Waals surface area contributed by atoms with Crippen molar-refractivity contribution in [3.63, 3.8) is 0 Å². The second-order valence-electron chi connectivity index (χ2n) is 6.15. The molecule has 134 valence electrons. The van der Waals surface area contributed by atoms with E-state index in [4.69, 9.17) is 0 Å². The normalized spacial score (nSPS) is 16.2. The number of hydrogen-bond donors (Lipinski definition) is 1. The van der Waals surface area contributed by atoms with Crippen molar-refractivity contribution in [3.8, 4) is 0 Å². The van der Waals surface area contributed by atoms with E-state index in [0.717, 1.165) is 22.8 Å². The van der Waals surface area contributed by atoms with Crippen molar-refractivity contribution in [1.29, 1.82) is 0 Å². The third-order valence-electron chi connectivity index (χ3n) is 4.32. The fraction of sp³-hybridized carbons (Fsp3) is 0.0909. The van der Waals surface area contributed by atoms with Gasteiger partial charge in [0.1, 0.15) is 5.84 Å². The van der Waals surface area contributed by atoms with Crippen LogP contribution in [0.5, 0.6) is 0 Å². The first-order valence-corrected chi connectivity index (χ1v) is 9.58. The summed E-state index contributed by atoms with van der Waals surface area (Å²) in [7, 11) is 0. The highest BCUT2D eigenvalue weighted by Gasteiger charge is 2.19. The van der Waals surface area contributed by atoms with Crippen LogP contribution in [-0.4, -0.2) is 15.8 Å². The molecule has 3 aromatic rings. The first kappa shape index (κ1) is 17.2. The van der Waals surface area contributed by atoms with Gasteiger partial charge in [0.15, 0.2) is 0 Å². The predicted molar refractivity (Wildman–Crippen MR) is 114 cm³/mol. The summed E-state index contributed by atoms with van der Waals surface area (Å²) in [6.07, 6.45) is 9.61. The summed E-state index contributed by atoms with van der Waals surface area (Å²) < 4.78 is 1.27. The topological polar surface area (TPSA) is 40.5 Å². The van der Waals surface area contributed by atoms with Gasteiger partial charge in [-0.2, -0.15) is 0 Å². The maximum Gasteiger partial charge on any atom is 0.140 e. The average Bonchev–Trinajstić information content (AvgIpc) is 3.13. The minimum Gasteiger partial charge on any atom is -0.277 e. The van der Waals surface area contributed by atoms with Crippen LogP contribution in [0, 0.1) is 0 Å². The molecule has 0 saturated heterocycles. The van der Waals surface area contributed by atoms with Gasteiger partial charge in [-0.3, -0.25) is 20.4 Å². The van der Waals surface area contributed by atoms with Crippen molar-refractivity contribution in [2.45, 2.75) is 13.5 Å². The van der Waals surface area contributed by atoms with Crippen molar-refractivity contribution in [2.24, 2.45) is 4.99 Å². The first-order chi connectivity index (χ1) is 13.2. The molecule has 0 atom stereocenters. The molecule has 3 heterocycles. The second-order valence-corrected chi connectivity index (χ2v) is 7.23. The van der Waals surface area contributed by atoms with Crippen molar-refractivity contribution >= 4 is 33.0 Å². The molecule has 0 spiro atoms. The Hall–Kier alpha value is -3.18. The molecular formula is C22H20N4S. The summed E-state index contributed by atoms with van der Waals surface area (Å²) in [5, 5.41) is 3.25. The van der Waals surface area contributed by atoms with E-state index in [-0.39, 0.29) is 0 Å². The molecule has 5 heteroatoms. The van der Waals surface area contributed by atoms with E-state index >= 15 is 0 Å². The summed E-state index contributed by atoms with van der Waals surface area (Å²) in [6.45, 7) is 6.82. The number of aliphatic imine (C=N–C) groups is 1. The van der Waals surface area contributed by atoms with Crippen LogP contribution in [0.25, 0.3) is 15.8 Å². The standard InChI is InChI=1S/C22H20N4S/c1-3-19(21-14-18-6-4-5-7-20(18)27-21)26-16(2)8-9-22(25-26)24-15-17-10-12-23-13-11-17/h3-14H,2,15H2,1H3,(H,24,25)/b19-3-. The SMILES string of the molecule is C=C1C=CC(=NCc2ccncc2)NN1/C(=C\C)c1cc2ccccc2s1. The lowest BCUT2D eigenvalue weighted by Crippen LogP contribution is -2.41. The number of amidine groups is 1. The van der Waals surface area contributed by atoms with E-state index < -0.39 is 0 Å². The number of rotatable bonds is 4. The number of pyridine rings is 1. The molecule has 0 fully saturated rings. The summed E-state index contributed by atoms with van der Waals surface area (Å²) in [4.78, 5) is 9.91. The third kappa shape index (κ3) is 3.68. The van der Waals surface area contributed by atoms with Gasteiger partial charge >= 0.3 is 0 Å². The molecule has 27 heavy (non-hydrogen) atoms. The molecule has 1 aromatic carbocycles. The van der Waals surface area contributed by atoms with Gasteiger partial charge in [-0.15, -0.1) is 11.3 Å². The van der Waals surface area contributed by atoms with Crippen molar-refractivity contribution < 1.29 is 0 Å². The Kier molecular flexibility index (Phi) is 4.85. The van der Waals surface area contributed by atoms with E-state index in [9.17, 15) is 0 Å². The second kappa shape index (κ2) is 7.60. The van der Waals surface area contributed by atoms with Crippen molar-refractivity contribution in [2.75, 3.05) is 0 Å². The van der Waals surface area contributed by atoms with Gasteiger partial charge in [-0.05, 0) is 54.3 Å². The van der Waals surface area contributed by atoms with E-state index in [1.165, 1.54) is 15.0 Å². The Morgan fingerprint density at radius 1 is 1.22 bits per heavy atom. The van der Waals surface area contributed by atoms with Crippen molar-refractivity contribution in [1.82, 2.24) is 15.4 Å². The Labute approximate surface area is 162 Å². The predicted octanol–water partition coefficient (Wildman–Crippen LogP) is 5.15. The summed E-state index contributed by atoms with van der Waals surface area (Å²) >= 11 is 1.78. The third-order valence-corrected chi connectivity index (χ3v) is 5.46. The van der Waals surface area contributed by atoms with Crippen LogP contribution in [0.15, 0.2) is 90.4 Å². The fourth-order valence-corrected chi connectivity index (χ4v) is 4.06. The zero-order valence-electron chi connectivity index (χ0n) is 15.1. The summed E-state index contributed by atoms with van der Waals surface area (Å²) in [5.74, 6) is 0.805. The van der Waals surface area contributed by atoms with Gasteiger partial charge < -0.3 is 0 Å². The molecule has 0 bridgehead atoms. The average molecular weight is 372 g/mol. The van der Waals surface area contributed by atoms with Crippen LogP contribution in [0.3, 0.4) is 0 Å². The van der Waals surface area contributed by atoms with Crippen LogP contribution in [0.1, 0.15) is 17.4 Å². The number of benzene rings is 1. The smallest absolute Gasteiger partial charge is 0.140 e. The lowest BCUT2D eigenvalue weighted by Gasteiger charge is -2.31. The molecule has 0 saturated carbocycles. The maximum atomic E-state index is 4.68. The quantitative estimate of drug-likeness (QED) is 0.689. The molecule has 1 aliphatic rings. The number of nitrogens with one attached hydrogen (secondary N) is 1. The van der Waals surface area contributed by atoms with E-state index in [0.29, 0.717) is 6.54 Å². The molecule has 1 aliphatic heterocycles. The largest absolute Gasteiger partial charge is 0.277 e. The summed E-state index contributed by atoms with van der Waals surface area (Å²) in [5.41, 5.74) is 6.46. The number of aromatic nitrogens is 1. The number of allylic oxidation sites excluding steroid dienone is 2. The van der Waals surface area contributed by atoms with Crippen LogP contribution in [0.4, 0.5) is 0 Å². The molecular weight excluding hydrogens is 352 g/mol. The van der Waals surface area contributed by atoms with Gasteiger partial charge in [0.05, 0.1) is 22.8 Å². The number of thiophene rings is 1. The highest BCUT2D eigenvalue weighted by Crippen LogP contribution is 2.33. The van der Waals surface area contributed by atoms with Gasteiger partial charge in [0.2, 0.25) is 0 Å². The molecule has 4 nitrogen and oxygen atoms in total. The Balaban J connectivity index is 1.59. The number of nitrogens with zero attached hydrogens (tertiary/aromatic N) is 3. The number of fused-ring (bicyclic) bond motifs is 1. The van der Waals surface area contributed by atoms with Crippen LogP contribution in [-0.2, 0) is 6.54 Å². The Morgan fingerprint density at radius 2 is 2.04 bits per heavy atom. The van der Waals surface area contributed by atoms with Crippen LogP contribution in [0.2, 0.25) is 0 Å². The van der Waals surface area contributed by atoms with Gasteiger partial charge in [-0.1, -0.05) is 30.9 Å². The van der Waals surface area contributed by atoms with Crippen LogP contribution < -0.4 is 5.43 Å². The monoisotopic (exact) mass is 372 g/mol. The van der Waals surface area contributed by atoms with E-state index in [2.05, 4.69) is 58.4 Å². The lowest BCUT2D eigenvalue weighted by atomic mass is 10.2. The molecule has 4 rings (SSSR count). The molecule has 1 N–H and O–H groups in total. The van der Waals surface area contributed by atoms with Crippen molar-refractivity contribution in [3.05, 3.63) is 95.8 Å². The molecule has 0 aliphatic carbocycles. The zero-order valence-corrected chi connectivity index (χ0v) is 15.9. The molecule has 0 radical (unpaired) electrons. The highest BCUT2D eigenvalue weighted by atomic mass is 32.1. The van der Waals surface area contributed by atoms with E-state index in [1.807, 2.05) is 36.2 Å². The lowest BCUT2D eigenvalue weighted by molar-refractivity contribution is 0.450. The minimum atomic E-state index is 0.601. The van der Waals surface area contributed by atoms with Gasteiger partial charge in [0, 0.05) is 17.1 Å². The highest BCUT2D eigenvalue weighted by molar-refractivity contribution is 7.20. The Morgan fingerprint density at radius 3 is 2.81 bits per heavy atom. The fourth-order valence-electron chi connectivity index (χ4n) is 2.93. The molecule has 0 unspecified atom stereocenters. The molecule has 0 amide bonds. The Bertz CT molecular complexity index is 1030.